The van der Waals surface area contributed by atoms with Crippen molar-refractivity contribution in [2.75, 3.05) is 18.4 Å². The van der Waals surface area contributed by atoms with Gasteiger partial charge in [-0.15, -0.1) is 0 Å². The third kappa shape index (κ3) is 4.72. The number of nitriles is 1. The molecule has 32 heavy (non-hydrogen) atoms. The first-order valence-electron chi connectivity index (χ1n) is 10.3. The predicted molar refractivity (Wildman–Crippen MR) is 119 cm³/mol. The molecule has 9 heteroatoms. The molecule has 2 heterocycles. The zero-order valence-electron chi connectivity index (χ0n) is 17.4. The van der Waals surface area contributed by atoms with Crippen molar-refractivity contribution < 1.29 is 13.2 Å². The van der Waals surface area contributed by atoms with Crippen LogP contribution in [0.4, 0.5) is 5.82 Å². The number of carbonyl (C=O) groups excluding carboxylic acids is 1. The topological polar surface area (TPSA) is 108 Å². The Hall–Kier alpha value is -3.48. The molecule has 2 aromatic carbocycles. The minimum absolute atomic E-state index is 0.129. The minimum atomic E-state index is -3.65. The second kappa shape index (κ2) is 9.34. The second-order valence-corrected chi connectivity index (χ2v) is 9.60. The third-order valence-electron chi connectivity index (χ3n) is 5.59. The van der Waals surface area contributed by atoms with Crippen molar-refractivity contribution >= 4 is 21.7 Å². The molecule has 0 aliphatic carbocycles. The maximum atomic E-state index is 12.9. The molecule has 0 saturated carbocycles. The summed E-state index contributed by atoms with van der Waals surface area (Å²) in [6, 6.07) is 19.5. The van der Waals surface area contributed by atoms with E-state index in [1.165, 1.54) is 28.6 Å². The number of hydrogen-bond donors (Lipinski definition) is 1. The average Bonchev–Trinajstić information content (AvgIpc) is 3.26. The molecule has 0 bridgehead atoms. The molecular weight excluding hydrogens is 426 g/mol. The summed E-state index contributed by atoms with van der Waals surface area (Å²) in [6.45, 7) is 1.08. The maximum Gasteiger partial charge on any atom is 0.243 e. The number of sulfonamides is 1. The highest BCUT2D eigenvalue weighted by molar-refractivity contribution is 7.89. The number of aromatic nitrogens is 2. The molecule has 0 spiro atoms. The van der Waals surface area contributed by atoms with Gasteiger partial charge in [-0.1, -0.05) is 30.3 Å². The number of nitrogens with one attached hydrogen (secondary N) is 1. The quantitative estimate of drug-likeness (QED) is 0.623. The molecule has 1 aliphatic heterocycles. The van der Waals surface area contributed by atoms with Crippen LogP contribution in [0.15, 0.2) is 71.8 Å². The van der Waals surface area contributed by atoms with Gasteiger partial charge in [0.25, 0.3) is 0 Å². The van der Waals surface area contributed by atoms with Gasteiger partial charge in [0, 0.05) is 25.1 Å². The second-order valence-electron chi connectivity index (χ2n) is 7.66. The van der Waals surface area contributed by atoms with Crippen LogP contribution in [0.25, 0.3) is 0 Å². The van der Waals surface area contributed by atoms with E-state index in [0.717, 1.165) is 5.56 Å². The number of benzene rings is 2. The zero-order valence-corrected chi connectivity index (χ0v) is 18.2. The van der Waals surface area contributed by atoms with Gasteiger partial charge < -0.3 is 5.32 Å². The fraction of sp³-hybridized carbons (Fsp3) is 0.261. The summed E-state index contributed by atoms with van der Waals surface area (Å²) in [7, 11) is -3.65. The van der Waals surface area contributed by atoms with Gasteiger partial charge in [-0.25, -0.2) is 13.1 Å². The monoisotopic (exact) mass is 449 g/mol. The lowest BCUT2D eigenvalue weighted by Crippen LogP contribution is -2.41. The van der Waals surface area contributed by atoms with E-state index in [2.05, 4.69) is 10.4 Å². The predicted octanol–water partition coefficient (Wildman–Crippen LogP) is 2.84. The van der Waals surface area contributed by atoms with E-state index in [1.54, 1.807) is 16.9 Å². The fourth-order valence-electron chi connectivity index (χ4n) is 3.76. The number of rotatable bonds is 6. The molecule has 0 unspecified atom stereocenters. The highest BCUT2D eigenvalue weighted by Gasteiger charge is 2.32. The van der Waals surface area contributed by atoms with E-state index in [9.17, 15) is 13.2 Å². The Morgan fingerprint density at radius 1 is 1.06 bits per heavy atom. The van der Waals surface area contributed by atoms with Crippen LogP contribution in [0.1, 0.15) is 24.0 Å². The number of nitrogens with zero attached hydrogens (tertiary/aromatic N) is 4. The summed E-state index contributed by atoms with van der Waals surface area (Å²) in [5, 5.41) is 16.1. The largest absolute Gasteiger partial charge is 0.311 e. The van der Waals surface area contributed by atoms with Crippen molar-refractivity contribution in [2.45, 2.75) is 24.3 Å². The van der Waals surface area contributed by atoms with E-state index in [1.807, 2.05) is 36.4 Å². The van der Waals surface area contributed by atoms with Crippen molar-refractivity contribution in [3.05, 3.63) is 78.0 Å². The zero-order chi connectivity index (χ0) is 22.6. The van der Waals surface area contributed by atoms with Gasteiger partial charge >= 0.3 is 0 Å². The summed E-state index contributed by atoms with van der Waals surface area (Å²) in [5.41, 5.74) is 1.49. The van der Waals surface area contributed by atoms with Crippen LogP contribution in [0.3, 0.4) is 0 Å². The Bertz CT molecular complexity index is 1220. The van der Waals surface area contributed by atoms with E-state index >= 15 is 0 Å². The van der Waals surface area contributed by atoms with Crippen LogP contribution in [-0.4, -0.2) is 41.5 Å². The molecule has 1 fully saturated rings. The smallest absolute Gasteiger partial charge is 0.243 e. The third-order valence-corrected chi connectivity index (χ3v) is 7.50. The summed E-state index contributed by atoms with van der Waals surface area (Å²) in [5.74, 6) is 0.212. The lowest BCUT2D eigenvalue weighted by molar-refractivity contribution is -0.121. The molecule has 1 saturated heterocycles. The van der Waals surface area contributed by atoms with Gasteiger partial charge in [0.15, 0.2) is 0 Å². The summed E-state index contributed by atoms with van der Waals surface area (Å²) >= 11 is 0. The number of hydrogen-bond acceptors (Lipinski definition) is 5. The van der Waals surface area contributed by atoms with Crippen molar-refractivity contribution in [2.24, 2.45) is 5.92 Å². The Labute approximate surface area is 187 Å². The maximum absolute atomic E-state index is 12.9. The van der Waals surface area contributed by atoms with Crippen LogP contribution < -0.4 is 5.32 Å². The highest BCUT2D eigenvalue weighted by atomic mass is 32.2. The molecule has 1 amide bonds. The van der Waals surface area contributed by atoms with Crippen LogP contribution in [0.2, 0.25) is 0 Å². The van der Waals surface area contributed by atoms with Gasteiger partial charge in [-0.05, 0) is 42.7 Å². The molecule has 0 atom stereocenters. The Balaban J connectivity index is 1.36. The van der Waals surface area contributed by atoms with E-state index in [0.29, 0.717) is 30.8 Å². The molecule has 0 radical (unpaired) electrons. The van der Waals surface area contributed by atoms with Crippen molar-refractivity contribution in [1.82, 2.24) is 14.1 Å². The minimum Gasteiger partial charge on any atom is -0.311 e. The molecule has 1 N–H and O–H groups in total. The summed E-state index contributed by atoms with van der Waals surface area (Å²) in [4.78, 5) is 13.0. The van der Waals surface area contributed by atoms with Gasteiger partial charge in [-0.3, -0.25) is 4.79 Å². The first-order chi connectivity index (χ1) is 15.5. The average molecular weight is 450 g/mol. The van der Waals surface area contributed by atoms with Crippen LogP contribution in [0.5, 0.6) is 0 Å². The Morgan fingerprint density at radius 3 is 2.41 bits per heavy atom. The number of piperidine rings is 1. The number of carbonyl (C=O) groups is 1. The standard InChI is InChI=1S/C23H23N5O3S/c24-16-18-6-8-21(9-7-18)32(30,31)27-14-11-20(12-15-27)23(29)26-22-10-13-25-28(22)17-19-4-2-1-3-5-19/h1-10,13,20H,11-12,14-15,17H2,(H,26,29). The van der Waals surface area contributed by atoms with Crippen molar-refractivity contribution in [1.29, 1.82) is 5.26 Å². The molecule has 4 rings (SSSR count). The molecule has 8 nitrogen and oxygen atoms in total. The molecule has 1 aliphatic rings. The van der Waals surface area contributed by atoms with Crippen LogP contribution in [-0.2, 0) is 21.4 Å². The van der Waals surface area contributed by atoms with Crippen LogP contribution in [0, 0.1) is 17.2 Å². The van der Waals surface area contributed by atoms with Crippen molar-refractivity contribution in [3.8, 4) is 6.07 Å². The van der Waals surface area contributed by atoms with Gasteiger partial charge in [0.05, 0.1) is 29.3 Å². The number of amides is 1. The molecule has 3 aromatic rings. The first kappa shape index (κ1) is 21.7. The summed E-state index contributed by atoms with van der Waals surface area (Å²) in [6.07, 6.45) is 2.52. The van der Waals surface area contributed by atoms with E-state index < -0.39 is 10.0 Å². The van der Waals surface area contributed by atoms with Crippen LogP contribution >= 0.6 is 0 Å². The van der Waals surface area contributed by atoms with Gasteiger partial charge in [-0.2, -0.15) is 14.7 Å². The molecular formula is C23H23N5O3S. The first-order valence-corrected chi connectivity index (χ1v) is 11.8. The van der Waals surface area contributed by atoms with Crippen molar-refractivity contribution in [3.63, 3.8) is 0 Å². The normalized spacial score (nSPS) is 15.2. The molecule has 1 aromatic heterocycles. The lowest BCUT2D eigenvalue weighted by atomic mass is 9.97. The van der Waals surface area contributed by atoms with Gasteiger partial charge in [0.2, 0.25) is 15.9 Å². The SMILES string of the molecule is N#Cc1ccc(S(=O)(=O)N2CCC(C(=O)Nc3ccnn3Cc3ccccc3)CC2)cc1. The highest BCUT2D eigenvalue weighted by Crippen LogP contribution is 2.25. The van der Waals surface area contributed by atoms with E-state index in [-0.39, 0.29) is 29.8 Å². The Morgan fingerprint density at radius 2 is 1.75 bits per heavy atom. The number of anilines is 1. The lowest BCUT2D eigenvalue weighted by Gasteiger charge is -2.30. The molecule has 164 valence electrons. The Kier molecular flexibility index (Phi) is 6.35. The summed E-state index contributed by atoms with van der Waals surface area (Å²) < 4.78 is 28.9. The van der Waals surface area contributed by atoms with E-state index in [4.69, 9.17) is 5.26 Å². The fourth-order valence-corrected chi connectivity index (χ4v) is 5.23. The van der Waals surface area contributed by atoms with Gasteiger partial charge in [0.1, 0.15) is 5.82 Å².